The molecule has 1 saturated heterocycles. The number of hydrogen-bond donors (Lipinski definition) is 1. The lowest BCUT2D eigenvalue weighted by Crippen LogP contribution is -2.46. The highest BCUT2D eigenvalue weighted by Gasteiger charge is 2.33. The molecule has 5 heteroatoms. The summed E-state index contributed by atoms with van der Waals surface area (Å²) in [5.41, 5.74) is 0.974. The van der Waals surface area contributed by atoms with Gasteiger partial charge in [-0.25, -0.2) is 4.79 Å². The normalized spacial score (nSPS) is 21.9. The van der Waals surface area contributed by atoms with Crippen molar-refractivity contribution in [3.63, 3.8) is 0 Å². The van der Waals surface area contributed by atoms with Gasteiger partial charge in [0.05, 0.1) is 0 Å². The summed E-state index contributed by atoms with van der Waals surface area (Å²) >= 11 is 0. The molecule has 1 saturated carbocycles. The van der Waals surface area contributed by atoms with E-state index in [9.17, 15) is 9.59 Å². The first kappa shape index (κ1) is 16.8. The second kappa shape index (κ2) is 7.65. The average molecular weight is 307 g/mol. The number of hydrogen-bond acceptors (Lipinski definition) is 2. The fourth-order valence-corrected chi connectivity index (χ4v) is 3.43. The van der Waals surface area contributed by atoms with Gasteiger partial charge in [-0.3, -0.25) is 4.79 Å². The van der Waals surface area contributed by atoms with Gasteiger partial charge < -0.3 is 15.1 Å². The standard InChI is InChI=1S/C17H29N3O2/c1-4-19(11-13(2)3)17(22)18-15-9-10-20(12-15)16(21)14-7-5-6-8-14/h14-15H,2,4-12H2,1,3H3,(H,18,22). The third kappa shape index (κ3) is 4.24. The maximum Gasteiger partial charge on any atom is 0.317 e. The molecule has 0 aromatic heterocycles. The number of rotatable bonds is 5. The van der Waals surface area contributed by atoms with Crippen molar-refractivity contribution in [2.24, 2.45) is 5.92 Å². The molecule has 22 heavy (non-hydrogen) atoms. The molecule has 3 amide bonds. The number of carbonyl (C=O) groups excluding carboxylic acids is 2. The second-order valence-electron chi connectivity index (χ2n) is 6.67. The molecule has 0 radical (unpaired) electrons. The van der Waals surface area contributed by atoms with Gasteiger partial charge in [0.15, 0.2) is 0 Å². The SMILES string of the molecule is C=C(C)CN(CC)C(=O)NC1CCN(C(=O)C2CCCC2)C1. The smallest absolute Gasteiger partial charge is 0.317 e. The molecule has 1 N–H and O–H groups in total. The van der Waals surface area contributed by atoms with Crippen LogP contribution in [0.1, 0.15) is 46.0 Å². The third-order valence-corrected chi connectivity index (χ3v) is 4.66. The number of likely N-dealkylation sites (tertiary alicyclic amines) is 1. The van der Waals surface area contributed by atoms with Gasteiger partial charge >= 0.3 is 6.03 Å². The molecule has 0 aromatic carbocycles. The van der Waals surface area contributed by atoms with Crippen LogP contribution in [0.25, 0.3) is 0 Å². The van der Waals surface area contributed by atoms with Crippen LogP contribution in [0.3, 0.4) is 0 Å². The lowest BCUT2D eigenvalue weighted by molar-refractivity contribution is -0.134. The molecule has 2 aliphatic rings. The van der Waals surface area contributed by atoms with Crippen LogP contribution in [0, 0.1) is 5.92 Å². The summed E-state index contributed by atoms with van der Waals surface area (Å²) in [6.07, 6.45) is 5.28. The van der Waals surface area contributed by atoms with Gasteiger partial charge in [-0.15, -0.1) is 0 Å². The number of likely N-dealkylation sites (N-methyl/N-ethyl adjacent to an activating group) is 1. The molecule has 2 rings (SSSR count). The van der Waals surface area contributed by atoms with Crippen LogP contribution in [0.2, 0.25) is 0 Å². The monoisotopic (exact) mass is 307 g/mol. The molecule has 1 atom stereocenters. The van der Waals surface area contributed by atoms with E-state index in [0.717, 1.165) is 31.4 Å². The van der Waals surface area contributed by atoms with Gasteiger partial charge in [-0.2, -0.15) is 0 Å². The topological polar surface area (TPSA) is 52.7 Å². The Morgan fingerprint density at radius 3 is 2.55 bits per heavy atom. The Bertz CT molecular complexity index is 430. The fourth-order valence-electron chi connectivity index (χ4n) is 3.43. The van der Waals surface area contributed by atoms with E-state index in [2.05, 4.69) is 11.9 Å². The molecule has 1 heterocycles. The summed E-state index contributed by atoms with van der Waals surface area (Å²) in [5.74, 6) is 0.522. The van der Waals surface area contributed by atoms with Gasteiger partial charge in [-0.05, 0) is 33.1 Å². The Morgan fingerprint density at radius 1 is 1.27 bits per heavy atom. The van der Waals surface area contributed by atoms with Crippen LogP contribution in [-0.4, -0.2) is 54.0 Å². The Kier molecular flexibility index (Phi) is 5.86. The number of nitrogens with zero attached hydrogens (tertiary/aromatic N) is 2. The Hall–Kier alpha value is -1.52. The Morgan fingerprint density at radius 2 is 1.95 bits per heavy atom. The van der Waals surface area contributed by atoms with Crippen molar-refractivity contribution in [1.82, 2.24) is 15.1 Å². The van der Waals surface area contributed by atoms with E-state index in [4.69, 9.17) is 0 Å². The van der Waals surface area contributed by atoms with Crippen molar-refractivity contribution < 1.29 is 9.59 Å². The first-order valence-corrected chi connectivity index (χ1v) is 8.49. The molecule has 1 aliphatic carbocycles. The summed E-state index contributed by atoms with van der Waals surface area (Å²) in [6.45, 7) is 10.4. The quantitative estimate of drug-likeness (QED) is 0.793. The predicted molar refractivity (Wildman–Crippen MR) is 87.5 cm³/mol. The summed E-state index contributed by atoms with van der Waals surface area (Å²) in [6, 6.07) is 0.0303. The van der Waals surface area contributed by atoms with Gasteiger partial charge in [-0.1, -0.05) is 25.0 Å². The van der Waals surface area contributed by atoms with Crippen LogP contribution in [0.4, 0.5) is 4.79 Å². The second-order valence-corrected chi connectivity index (χ2v) is 6.67. The van der Waals surface area contributed by atoms with E-state index in [1.807, 2.05) is 18.7 Å². The molecule has 124 valence electrons. The van der Waals surface area contributed by atoms with Crippen molar-refractivity contribution in [2.45, 2.75) is 52.0 Å². The molecule has 0 bridgehead atoms. The van der Waals surface area contributed by atoms with E-state index < -0.39 is 0 Å². The Balaban J connectivity index is 1.81. The van der Waals surface area contributed by atoms with Gasteiger partial charge in [0.2, 0.25) is 5.91 Å². The molecule has 5 nitrogen and oxygen atoms in total. The van der Waals surface area contributed by atoms with Crippen LogP contribution < -0.4 is 5.32 Å². The van der Waals surface area contributed by atoms with Crippen molar-refractivity contribution in [3.8, 4) is 0 Å². The zero-order chi connectivity index (χ0) is 16.1. The Labute approximate surface area is 133 Å². The first-order chi connectivity index (χ1) is 10.5. The zero-order valence-corrected chi connectivity index (χ0v) is 13.9. The van der Waals surface area contributed by atoms with Crippen molar-refractivity contribution in [3.05, 3.63) is 12.2 Å². The largest absolute Gasteiger partial charge is 0.340 e. The highest BCUT2D eigenvalue weighted by Crippen LogP contribution is 2.27. The molecule has 2 fully saturated rings. The average Bonchev–Trinajstić information content (AvgIpc) is 3.15. The van der Waals surface area contributed by atoms with E-state index in [1.54, 1.807) is 4.90 Å². The summed E-state index contributed by atoms with van der Waals surface area (Å²) in [5, 5.41) is 3.06. The number of urea groups is 1. The molecular weight excluding hydrogens is 278 g/mol. The van der Waals surface area contributed by atoms with Crippen molar-refractivity contribution in [1.29, 1.82) is 0 Å². The predicted octanol–water partition coefficient (Wildman–Crippen LogP) is 2.39. The molecule has 0 aromatic rings. The number of amides is 3. The lowest BCUT2D eigenvalue weighted by atomic mass is 10.1. The molecule has 0 spiro atoms. The van der Waals surface area contributed by atoms with E-state index >= 15 is 0 Å². The molecular formula is C17H29N3O2. The summed E-state index contributed by atoms with van der Waals surface area (Å²) < 4.78 is 0. The van der Waals surface area contributed by atoms with E-state index in [1.165, 1.54) is 12.8 Å². The van der Waals surface area contributed by atoms with Gasteiger partial charge in [0, 0.05) is 38.1 Å². The van der Waals surface area contributed by atoms with E-state index in [-0.39, 0.29) is 18.0 Å². The number of carbonyl (C=O) groups is 2. The number of nitrogens with one attached hydrogen (secondary N) is 1. The lowest BCUT2D eigenvalue weighted by Gasteiger charge is -2.24. The zero-order valence-electron chi connectivity index (χ0n) is 13.9. The van der Waals surface area contributed by atoms with Crippen molar-refractivity contribution >= 4 is 11.9 Å². The minimum Gasteiger partial charge on any atom is -0.340 e. The molecule has 1 aliphatic heterocycles. The summed E-state index contributed by atoms with van der Waals surface area (Å²) in [7, 11) is 0. The summed E-state index contributed by atoms with van der Waals surface area (Å²) in [4.78, 5) is 28.4. The fraction of sp³-hybridized carbons (Fsp3) is 0.765. The minimum atomic E-state index is -0.0503. The maximum atomic E-state index is 12.4. The highest BCUT2D eigenvalue weighted by atomic mass is 16.2. The maximum absolute atomic E-state index is 12.4. The van der Waals surface area contributed by atoms with Crippen LogP contribution in [-0.2, 0) is 4.79 Å². The van der Waals surface area contributed by atoms with Crippen LogP contribution in [0.5, 0.6) is 0 Å². The van der Waals surface area contributed by atoms with Gasteiger partial charge in [0.1, 0.15) is 0 Å². The van der Waals surface area contributed by atoms with Crippen LogP contribution >= 0.6 is 0 Å². The highest BCUT2D eigenvalue weighted by molar-refractivity contribution is 5.80. The third-order valence-electron chi connectivity index (χ3n) is 4.66. The van der Waals surface area contributed by atoms with Gasteiger partial charge in [0.25, 0.3) is 0 Å². The molecule has 1 unspecified atom stereocenters. The first-order valence-electron chi connectivity index (χ1n) is 8.49. The minimum absolute atomic E-state index is 0.0503. The van der Waals surface area contributed by atoms with Crippen LogP contribution in [0.15, 0.2) is 12.2 Å². The van der Waals surface area contributed by atoms with Crippen molar-refractivity contribution in [2.75, 3.05) is 26.2 Å². The van der Waals surface area contributed by atoms with E-state index in [0.29, 0.717) is 25.5 Å².